The van der Waals surface area contributed by atoms with Crippen molar-refractivity contribution < 1.29 is 13.0 Å². The molecule has 0 spiro atoms. The van der Waals surface area contributed by atoms with Gasteiger partial charge < -0.3 is 4.74 Å². The fourth-order valence-electron chi connectivity index (χ4n) is 7.34. The second-order valence-electron chi connectivity index (χ2n) is 9.45. The summed E-state index contributed by atoms with van der Waals surface area (Å²) in [6, 6.07) is 8.00. The van der Waals surface area contributed by atoms with Crippen LogP contribution in [0.25, 0.3) is 5.57 Å². The Balaban J connectivity index is 1.42. The van der Waals surface area contributed by atoms with Crippen molar-refractivity contribution in [2.75, 3.05) is 0 Å². The van der Waals surface area contributed by atoms with Gasteiger partial charge in [-0.25, -0.2) is 0 Å². The Morgan fingerprint density at radius 3 is 2.72 bits per heavy atom. The third kappa shape index (κ3) is 2.05. The highest BCUT2D eigenvalue weighted by molar-refractivity contribution is 5.74. The average molecular weight is 388 g/mol. The van der Waals surface area contributed by atoms with Crippen LogP contribution in [0.15, 0.2) is 48.4 Å². The van der Waals surface area contributed by atoms with Gasteiger partial charge in [0.1, 0.15) is 11.5 Å². The maximum absolute atomic E-state index is 8.04. The normalized spacial score (nSPS) is 39.3. The minimum Gasteiger partial charge on any atom is -0.461 e. The Labute approximate surface area is 181 Å². The van der Waals surface area contributed by atoms with Crippen molar-refractivity contribution in [1.29, 1.82) is 0 Å². The zero-order valence-corrected chi connectivity index (χ0v) is 16.2. The smallest absolute Gasteiger partial charge is 0.131 e. The summed E-state index contributed by atoms with van der Waals surface area (Å²) >= 11 is 0. The molecule has 146 valence electrons. The molecule has 8 rings (SSSR count). The van der Waals surface area contributed by atoms with Crippen LogP contribution in [0.4, 0.5) is 0 Å². The maximum atomic E-state index is 8.04. The topological polar surface area (TPSA) is 22.1 Å². The Bertz CT molecular complexity index is 1300. The second-order valence-corrected chi connectivity index (χ2v) is 9.45. The predicted molar refractivity (Wildman–Crippen MR) is 115 cm³/mol. The summed E-state index contributed by atoms with van der Waals surface area (Å²) in [7, 11) is 0. The standard InChI is InChI=1S/C27H27NO/c1-14-12-20(28-13-15(14)2)18-10-11-22-27-25-19(4-3-5-21(25)29-22)23-16-6-8-17(9-7-16)24(23)26(18)27/h3-5,10-13,16-17,23-24,26-27H,6-9H2,1-2H3/i1D3,2D3. The van der Waals surface area contributed by atoms with E-state index in [-0.39, 0.29) is 23.0 Å². The number of nitrogens with zero attached hydrogens (tertiary/aromatic N) is 1. The number of aromatic nitrogens is 1. The van der Waals surface area contributed by atoms with Crippen LogP contribution in [0.3, 0.4) is 0 Å². The highest BCUT2D eigenvalue weighted by Gasteiger charge is 2.57. The summed E-state index contributed by atoms with van der Waals surface area (Å²) in [5.74, 6) is 4.40. The summed E-state index contributed by atoms with van der Waals surface area (Å²) < 4.78 is 54.0. The first-order valence-corrected chi connectivity index (χ1v) is 10.9. The third-order valence-electron chi connectivity index (χ3n) is 8.35. The molecule has 3 fully saturated rings. The number of pyridine rings is 1. The molecular formula is C27H27NO. The summed E-state index contributed by atoms with van der Waals surface area (Å²) in [4.78, 5) is 4.58. The fraction of sp³-hybridized carbons (Fsp3) is 0.444. The first kappa shape index (κ1) is 11.7. The molecule has 5 aliphatic carbocycles. The van der Waals surface area contributed by atoms with Gasteiger partial charge in [-0.15, -0.1) is 0 Å². The van der Waals surface area contributed by atoms with Gasteiger partial charge in [-0.05, 0) is 104 Å². The van der Waals surface area contributed by atoms with Crippen LogP contribution < -0.4 is 4.74 Å². The van der Waals surface area contributed by atoms with Gasteiger partial charge in [0.05, 0.1) is 11.6 Å². The molecule has 2 heteroatoms. The Morgan fingerprint density at radius 2 is 1.86 bits per heavy atom. The van der Waals surface area contributed by atoms with Gasteiger partial charge >= 0.3 is 0 Å². The molecule has 2 nitrogen and oxygen atoms in total. The summed E-state index contributed by atoms with van der Waals surface area (Å²) in [6.45, 7) is -5.07. The number of allylic oxidation sites excluding steroid dienone is 4. The summed E-state index contributed by atoms with van der Waals surface area (Å²) in [6.07, 6.45) is 10.3. The Morgan fingerprint density at radius 1 is 1.00 bits per heavy atom. The van der Waals surface area contributed by atoms with Crippen molar-refractivity contribution in [3.8, 4) is 5.75 Å². The minimum atomic E-state index is -2.53. The van der Waals surface area contributed by atoms with Crippen molar-refractivity contribution in [1.82, 2.24) is 4.98 Å². The zero-order valence-electron chi connectivity index (χ0n) is 22.2. The van der Waals surface area contributed by atoms with Crippen LogP contribution in [0.5, 0.6) is 5.75 Å². The van der Waals surface area contributed by atoms with Gasteiger partial charge in [0, 0.05) is 25.9 Å². The minimum absolute atomic E-state index is 0.113. The number of rotatable bonds is 1. The first-order valence-electron chi connectivity index (χ1n) is 13.9. The van der Waals surface area contributed by atoms with E-state index in [9.17, 15) is 0 Å². The van der Waals surface area contributed by atoms with E-state index < -0.39 is 13.7 Å². The number of ether oxygens (including phenoxy) is 1. The molecule has 0 N–H and O–H groups in total. The fourth-order valence-corrected chi connectivity index (χ4v) is 7.34. The van der Waals surface area contributed by atoms with Gasteiger partial charge in [0.2, 0.25) is 0 Å². The average Bonchev–Trinajstić information content (AvgIpc) is 3.21. The largest absolute Gasteiger partial charge is 0.461 e. The van der Waals surface area contributed by atoms with E-state index in [0.29, 0.717) is 29.4 Å². The van der Waals surface area contributed by atoms with E-state index in [1.807, 2.05) is 12.2 Å². The molecule has 4 atom stereocenters. The van der Waals surface area contributed by atoms with Crippen molar-refractivity contribution in [3.05, 3.63) is 76.3 Å². The van der Waals surface area contributed by atoms with Crippen LogP contribution in [0.2, 0.25) is 0 Å². The highest BCUT2D eigenvalue weighted by atomic mass is 16.5. The molecular weight excluding hydrogens is 354 g/mol. The lowest BCUT2D eigenvalue weighted by atomic mass is 9.47. The molecule has 2 heterocycles. The van der Waals surface area contributed by atoms with Gasteiger partial charge in [-0.2, -0.15) is 0 Å². The van der Waals surface area contributed by atoms with Gasteiger partial charge in [0.15, 0.2) is 0 Å². The van der Waals surface area contributed by atoms with Gasteiger partial charge in [-0.1, -0.05) is 18.2 Å². The number of aryl methyl sites for hydroxylation is 2. The molecule has 2 aromatic rings. The molecule has 1 aromatic heterocycles. The molecule has 1 aromatic carbocycles. The van der Waals surface area contributed by atoms with E-state index in [0.717, 1.165) is 17.1 Å². The lowest BCUT2D eigenvalue weighted by Crippen LogP contribution is -2.47. The van der Waals surface area contributed by atoms with Gasteiger partial charge in [-0.3, -0.25) is 4.98 Å². The highest BCUT2D eigenvalue weighted by Crippen LogP contribution is 2.68. The number of hydrogen-bond donors (Lipinski definition) is 0. The first-order chi connectivity index (χ1) is 16.6. The summed E-state index contributed by atoms with van der Waals surface area (Å²) in [5, 5.41) is 0. The lowest BCUT2D eigenvalue weighted by Gasteiger charge is -2.56. The second kappa shape index (κ2) is 5.62. The molecule has 1 aliphatic heterocycles. The molecule has 0 radical (unpaired) electrons. The van der Waals surface area contributed by atoms with E-state index in [2.05, 4.69) is 23.2 Å². The maximum Gasteiger partial charge on any atom is 0.131 e. The van der Waals surface area contributed by atoms with E-state index in [1.165, 1.54) is 49.1 Å². The molecule has 29 heavy (non-hydrogen) atoms. The monoisotopic (exact) mass is 387 g/mol. The Kier molecular flexibility index (Phi) is 2.28. The van der Waals surface area contributed by atoms with Crippen molar-refractivity contribution in [2.24, 2.45) is 23.7 Å². The summed E-state index contributed by atoms with van der Waals surface area (Å²) in [5.41, 5.74) is 4.04. The Hall–Kier alpha value is -2.35. The molecule has 6 aliphatic rings. The van der Waals surface area contributed by atoms with E-state index >= 15 is 0 Å². The van der Waals surface area contributed by atoms with Crippen molar-refractivity contribution >= 4 is 5.57 Å². The van der Waals surface area contributed by atoms with Gasteiger partial charge in [0.25, 0.3) is 0 Å². The van der Waals surface area contributed by atoms with Crippen molar-refractivity contribution in [3.63, 3.8) is 0 Å². The number of benzene rings is 1. The number of fused-ring (bicyclic) bond motifs is 2. The van der Waals surface area contributed by atoms with Crippen molar-refractivity contribution in [2.45, 2.75) is 51.2 Å². The van der Waals surface area contributed by atoms with E-state index in [4.69, 9.17) is 13.0 Å². The molecule has 2 bridgehead atoms. The molecule has 0 saturated heterocycles. The molecule has 3 saturated carbocycles. The SMILES string of the molecule is [2H]C([2H])([2H])c1cnc(C2=CC=C3Oc4cccc5c4C3C2C2C3CCC(CC3)C52)cc1C([2H])([2H])[2H]. The third-order valence-corrected chi connectivity index (χ3v) is 8.35. The quantitative estimate of drug-likeness (QED) is 0.572. The molecule has 4 unspecified atom stereocenters. The van der Waals surface area contributed by atoms with Crippen LogP contribution in [-0.4, -0.2) is 4.98 Å². The zero-order chi connectivity index (χ0) is 24.3. The van der Waals surface area contributed by atoms with Crippen LogP contribution in [0, 0.1) is 37.4 Å². The van der Waals surface area contributed by atoms with Crippen LogP contribution in [0.1, 0.15) is 73.7 Å². The number of hydrogen-bond acceptors (Lipinski definition) is 2. The van der Waals surface area contributed by atoms with Crippen LogP contribution in [-0.2, 0) is 0 Å². The lowest BCUT2D eigenvalue weighted by molar-refractivity contribution is 0.0299. The van der Waals surface area contributed by atoms with Crippen LogP contribution >= 0.6 is 0 Å². The van der Waals surface area contributed by atoms with E-state index in [1.54, 1.807) is 0 Å². The predicted octanol–water partition coefficient (Wildman–Crippen LogP) is 6.31. The molecule has 0 amide bonds.